The first kappa shape index (κ1) is 13.1. The molecule has 1 heterocycles. The standard InChI is InChI=1S/C11H17NO3S/c1-3-14-11(13)9-4-5-15-10(9)7-16-8(2)6-12/h4-5,8H,3,6-7,12H2,1-2H3. The zero-order chi connectivity index (χ0) is 12.0. The fourth-order valence-corrected chi connectivity index (χ4v) is 1.92. The molecule has 1 rings (SSSR count). The van der Waals surface area contributed by atoms with E-state index in [1.165, 1.54) is 6.26 Å². The Morgan fingerprint density at radius 2 is 2.44 bits per heavy atom. The predicted octanol–water partition coefficient (Wildman–Crippen LogP) is 2.04. The Hall–Kier alpha value is -0.940. The summed E-state index contributed by atoms with van der Waals surface area (Å²) < 4.78 is 10.2. The van der Waals surface area contributed by atoms with Crippen molar-refractivity contribution >= 4 is 17.7 Å². The van der Waals surface area contributed by atoms with E-state index in [2.05, 4.69) is 0 Å². The van der Waals surface area contributed by atoms with Gasteiger partial charge in [-0.05, 0) is 13.0 Å². The van der Waals surface area contributed by atoms with E-state index in [1.807, 2.05) is 6.92 Å². The monoisotopic (exact) mass is 243 g/mol. The van der Waals surface area contributed by atoms with Gasteiger partial charge in [0, 0.05) is 11.8 Å². The van der Waals surface area contributed by atoms with E-state index in [4.69, 9.17) is 14.9 Å². The summed E-state index contributed by atoms with van der Waals surface area (Å²) in [5, 5.41) is 0.347. The molecule has 0 spiro atoms. The Bertz CT molecular complexity index is 338. The van der Waals surface area contributed by atoms with Gasteiger partial charge in [0.2, 0.25) is 0 Å². The van der Waals surface area contributed by atoms with E-state index >= 15 is 0 Å². The Kier molecular flexibility index (Phi) is 5.42. The fourth-order valence-electron chi connectivity index (χ4n) is 1.13. The SMILES string of the molecule is CCOC(=O)c1ccoc1CSC(C)CN. The molecule has 0 amide bonds. The lowest BCUT2D eigenvalue weighted by atomic mass is 10.3. The molecule has 1 atom stereocenters. The van der Waals surface area contributed by atoms with Gasteiger partial charge in [-0.1, -0.05) is 6.92 Å². The Balaban J connectivity index is 2.60. The molecule has 0 aliphatic rings. The molecule has 0 aliphatic heterocycles. The molecule has 90 valence electrons. The van der Waals surface area contributed by atoms with E-state index in [1.54, 1.807) is 24.8 Å². The molecule has 4 nitrogen and oxygen atoms in total. The van der Waals surface area contributed by atoms with Gasteiger partial charge in [-0.2, -0.15) is 0 Å². The molecule has 0 saturated heterocycles. The molecule has 1 unspecified atom stereocenters. The third kappa shape index (κ3) is 3.57. The average molecular weight is 243 g/mol. The zero-order valence-electron chi connectivity index (χ0n) is 9.56. The molecule has 1 aromatic rings. The van der Waals surface area contributed by atoms with E-state index in [0.717, 1.165) is 0 Å². The van der Waals surface area contributed by atoms with Gasteiger partial charge in [-0.15, -0.1) is 11.8 Å². The second-order valence-corrected chi connectivity index (χ2v) is 4.76. The van der Waals surface area contributed by atoms with Crippen LogP contribution in [0.5, 0.6) is 0 Å². The molecule has 0 saturated carbocycles. The predicted molar refractivity (Wildman–Crippen MR) is 64.5 cm³/mol. The van der Waals surface area contributed by atoms with Crippen LogP contribution in [-0.4, -0.2) is 24.4 Å². The van der Waals surface area contributed by atoms with Gasteiger partial charge in [0.25, 0.3) is 0 Å². The van der Waals surface area contributed by atoms with E-state index in [-0.39, 0.29) is 5.97 Å². The number of nitrogens with two attached hydrogens (primary N) is 1. The van der Waals surface area contributed by atoms with Crippen LogP contribution in [-0.2, 0) is 10.5 Å². The van der Waals surface area contributed by atoms with E-state index in [9.17, 15) is 4.79 Å². The number of ether oxygens (including phenoxy) is 1. The maximum absolute atomic E-state index is 11.5. The fraction of sp³-hybridized carbons (Fsp3) is 0.545. The molecular formula is C11H17NO3S. The Morgan fingerprint density at radius 1 is 1.69 bits per heavy atom. The third-order valence-corrected chi connectivity index (χ3v) is 3.26. The number of carbonyl (C=O) groups excluding carboxylic acids is 1. The highest BCUT2D eigenvalue weighted by Gasteiger charge is 2.16. The number of hydrogen-bond acceptors (Lipinski definition) is 5. The smallest absolute Gasteiger partial charge is 0.341 e. The van der Waals surface area contributed by atoms with Crippen molar-refractivity contribution in [3.8, 4) is 0 Å². The maximum Gasteiger partial charge on any atom is 0.341 e. The number of carbonyl (C=O) groups is 1. The van der Waals surface area contributed by atoms with Crippen molar-refractivity contribution in [2.45, 2.75) is 24.9 Å². The highest BCUT2D eigenvalue weighted by Crippen LogP contribution is 2.21. The quantitative estimate of drug-likeness (QED) is 0.774. The minimum absolute atomic E-state index is 0.327. The van der Waals surface area contributed by atoms with Gasteiger partial charge in [0.05, 0.1) is 18.6 Å². The number of thioether (sulfide) groups is 1. The number of esters is 1. The molecular weight excluding hydrogens is 226 g/mol. The van der Waals surface area contributed by atoms with Gasteiger partial charge in [0.15, 0.2) is 0 Å². The van der Waals surface area contributed by atoms with Gasteiger partial charge in [-0.25, -0.2) is 4.79 Å². The lowest BCUT2D eigenvalue weighted by Crippen LogP contribution is -2.13. The summed E-state index contributed by atoms with van der Waals surface area (Å²) >= 11 is 1.66. The van der Waals surface area contributed by atoms with Crippen LogP contribution in [0.2, 0.25) is 0 Å². The van der Waals surface area contributed by atoms with Crippen molar-refractivity contribution in [1.82, 2.24) is 0 Å². The van der Waals surface area contributed by atoms with Crippen molar-refractivity contribution in [2.24, 2.45) is 5.73 Å². The van der Waals surface area contributed by atoms with Crippen LogP contribution in [0.4, 0.5) is 0 Å². The van der Waals surface area contributed by atoms with Crippen LogP contribution in [0.3, 0.4) is 0 Å². The van der Waals surface area contributed by atoms with Gasteiger partial charge in [-0.3, -0.25) is 0 Å². The van der Waals surface area contributed by atoms with Crippen LogP contribution >= 0.6 is 11.8 Å². The Labute approximate surface area is 99.5 Å². The van der Waals surface area contributed by atoms with Gasteiger partial charge < -0.3 is 14.9 Å². The van der Waals surface area contributed by atoms with Crippen LogP contribution in [0.15, 0.2) is 16.7 Å². The van der Waals surface area contributed by atoms with Crippen molar-refractivity contribution in [1.29, 1.82) is 0 Å². The summed E-state index contributed by atoms with van der Waals surface area (Å²) in [7, 11) is 0. The van der Waals surface area contributed by atoms with Crippen molar-refractivity contribution in [3.05, 3.63) is 23.7 Å². The average Bonchev–Trinajstić information content (AvgIpc) is 2.74. The molecule has 1 aromatic heterocycles. The highest BCUT2D eigenvalue weighted by molar-refractivity contribution is 7.99. The van der Waals surface area contributed by atoms with Crippen LogP contribution in [0.1, 0.15) is 30.0 Å². The maximum atomic E-state index is 11.5. The summed E-state index contributed by atoms with van der Waals surface area (Å²) in [6.45, 7) is 4.80. The second kappa shape index (κ2) is 6.60. The summed E-state index contributed by atoms with van der Waals surface area (Å²) in [6.07, 6.45) is 1.51. The molecule has 0 bridgehead atoms. The largest absolute Gasteiger partial charge is 0.468 e. The Morgan fingerprint density at radius 3 is 3.06 bits per heavy atom. The summed E-state index contributed by atoms with van der Waals surface area (Å²) in [5.74, 6) is 0.968. The molecule has 16 heavy (non-hydrogen) atoms. The van der Waals surface area contributed by atoms with Crippen molar-refractivity contribution in [3.63, 3.8) is 0 Å². The summed E-state index contributed by atoms with van der Waals surface area (Å²) in [4.78, 5) is 11.5. The molecule has 5 heteroatoms. The molecule has 0 fully saturated rings. The first-order chi connectivity index (χ1) is 7.69. The number of rotatable bonds is 6. The lowest BCUT2D eigenvalue weighted by Gasteiger charge is -2.07. The summed E-state index contributed by atoms with van der Waals surface area (Å²) in [5.41, 5.74) is 6.03. The van der Waals surface area contributed by atoms with Gasteiger partial charge >= 0.3 is 5.97 Å². The van der Waals surface area contributed by atoms with Crippen LogP contribution < -0.4 is 5.73 Å². The molecule has 2 N–H and O–H groups in total. The zero-order valence-corrected chi connectivity index (χ0v) is 10.4. The second-order valence-electron chi connectivity index (χ2n) is 3.34. The number of hydrogen-bond donors (Lipinski definition) is 1. The topological polar surface area (TPSA) is 65.5 Å². The minimum atomic E-state index is -0.327. The molecule has 0 aromatic carbocycles. The van der Waals surface area contributed by atoms with E-state index < -0.39 is 0 Å². The first-order valence-electron chi connectivity index (χ1n) is 5.24. The normalized spacial score (nSPS) is 12.4. The minimum Gasteiger partial charge on any atom is -0.468 e. The van der Waals surface area contributed by atoms with E-state index in [0.29, 0.717) is 35.5 Å². The summed E-state index contributed by atoms with van der Waals surface area (Å²) in [6, 6.07) is 1.64. The number of furan rings is 1. The lowest BCUT2D eigenvalue weighted by molar-refractivity contribution is 0.0524. The molecule has 0 aliphatic carbocycles. The highest BCUT2D eigenvalue weighted by atomic mass is 32.2. The van der Waals surface area contributed by atoms with Crippen molar-refractivity contribution in [2.75, 3.05) is 13.2 Å². The third-order valence-electron chi connectivity index (χ3n) is 2.07. The van der Waals surface area contributed by atoms with Crippen LogP contribution in [0.25, 0.3) is 0 Å². The van der Waals surface area contributed by atoms with Crippen LogP contribution in [0, 0.1) is 0 Å². The van der Waals surface area contributed by atoms with Gasteiger partial charge in [0.1, 0.15) is 11.3 Å². The molecule has 0 radical (unpaired) electrons. The first-order valence-corrected chi connectivity index (χ1v) is 6.29. The van der Waals surface area contributed by atoms with Crippen molar-refractivity contribution < 1.29 is 13.9 Å².